The Hall–Kier alpha value is -2.18. The third-order valence-corrected chi connectivity index (χ3v) is 7.29. The predicted octanol–water partition coefficient (Wildman–Crippen LogP) is 3.01. The Kier molecular flexibility index (Phi) is 4.71. The van der Waals surface area contributed by atoms with Crippen molar-refractivity contribution in [2.45, 2.75) is 64.5 Å². The second kappa shape index (κ2) is 7.26. The molecule has 4 atom stereocenters. The van der Waals surface area contributed by atoms with Gasteiger partial charge in [0, 0.05) is 38.6 Å². The van der Waals surface area contributed by atoms with Gasteiger partial charge in [0.25, 0.3) is 0 Å². The Balaban J connectivity index is 1.44. The summed E-state index contributed by atoms with van der Waals surface area (Å²) in [7, 11) is 1.97. The number of hydrogen-bond acceptors (Lipinski definition) is 5. The average Bonchev–Trinajstić information content (AvgIpc) is 3.08. The molecule has 7 nitrogen and oxygen atoms in total. The minimum Gasteiger partial charge on any atom is -0.340 e. The first-order valence-electron chi connectivity index (χ1n) is 11.2. The number of imidazole rings is 1. The molecule has 2 aromatic rings. The van der Waals surface area contributed by atoms with Crippen LogP contribution in [0.2, 0.25) is 0 Å². The first-order chi connectivity index (χ1) is 14.0. The third-order valence-electron chi connectivity index (χ3n) is 7.29. The number of aryl methyl sites for hydroxylation is 1. The van der Waals surface area contributed by atoms with Crippen LogP contribution in [0.15, 0.2) is 12.5 Å². The van der Waals surface area contributed by atoms with Crippen molar-refractivity contribution in [3.63, 3.8) is 0 Å². The molecule has 3 fully saturated rings. The fourth-order valence-electron chi connectivity index (χ4n) is 5.87. The zero-order valence-electron chi connectivity index (χ0n) is 17.8. The summed E-state index contributed by atoms with van der Waals surface area (Å²) in [5.41, 5.74) is 1.73. The number of rotatable bonds is 4. The molecule has 5 rings (SSSR count). The lowest BCUT2D eigenvalue weighted by Crippen LogP contribution is -2.65. The molecule has 29 heavy (non-hydrogen) atoms. The van der Waals surface area contributed by atoms with Crippen LogP contribution < -0.4 is 4.90 Å². The minimum atomic E-state index is 0.368. The molecule has 0 saturated carbocycles. The van der Waals surface area contributed by atoms with E-state index < -0.39 is 0 Å². The lowest BCUT2D eigenvalue weighted by atomic mass is 9.71. The van der Waals surface area contributed by atoms with E-state index in [1.165, 1.54) is 12.8 Å². The van der Waals surface area contributed by atoms with Gasteiger partial charge in [0.1, 0.15) is 5.52 Å². The Bertz CT molecular complexity index is 908. The first-order valence-corrected chi connectivity index (χ1v) is 11.2. The van der Waals surface area contributed by atoms with Gasteiger partial charge >= 0.3 is 0 Å². The Morgan fingerprint density at radius 3 is 2.86 bits per heavy atom. The molecule has 0 aromatic carbocycles. The van der Waals surface area contributed by atoms with E-state index >= 15 is 0 Å². The van der Waals surface area contributed by atoms with Gasteiger partial charge in [-0.05, 0) is 49.9 Å². The van der Waals surface area contributed by atoms with E-state index in [4.69, 9.17) is 4.98 Å². The number of amides is 1. The van der Waals surface area contributed by atoms with Crippen molar-refractivity contribution in [1.29, 1.82) is 0 Å². The number of anilines is 1. The van der Waals surface area contributed by atoms with Crippen LogP contribution in [0.25, 0.3) is 11.2 Å². The highest BCUT2D eigenvalue weighted by Gasteiger charge is 2.49. The van der Waals surface area contributed by atoms with E-state index in [0.29, 0.717) is 35.7 Å². The molecular formula is C22H32N6O. The topological polar surface area (TPSA) is 67.2 Å². The molecule has 2 aromatic heterocycles. The van der Waals surface area contributed by atoms with Crippen LogP contribution in [-0.2, 0) is 11.8 Å². The number of hydrogen-bond donors (Lipinski definition) is 0. The van der Waals surface area contributed by atoms with Gasteiger partial charge in [0.2, 0.25) is 11.9 Å². The highest BCUT2D eigenvalue weighted by atomic mass is 16.2. The summed E-state index contributed by atoms with van der Waals surface area (Å²) < 4.78 is 1.96. The summed E-state index contributed by atoms with van der Waals surface area (Å²) >= 11 is 0. The summed E-state index contributed by atoms with van der Waals surface area (Å²) in [6.07, 6.45) is 10.1. The van der Waals surface area contributed by atoms with E-state index in [1.807, 2.05) is 17.8 Å². The highest BCUT2D eigenvalue weighted by Crippen LogP contribution is 2.43. The van der Waals surface area contributed by atoms with Crippen LogP contribution >= 0.6 is 0 Å². The zero-order valence-corrected chi connectivity index (χ0v) is 17.8. The molecule has 5 heterocycles. The molecule has 0 radical (unpaired) electrons. The van der Waals surface area contributed by atoms with E-state index in [9.17, 15) is 4.79 Å². The third kappa shape index (κ3) is 3.28. The lowest BCUT2D eigenvalue weighted by Gasteiger charge is -2.56. The number of piperidine rings is 3. The average molecular weight is 397 g/mol. The molecule has 3 saturated heterocycles. The smallest absolute Gasteiger partial charge is 0.227 e. The fraction of sp³-hybridized carbons (Fsp3) is 0.727. The highest BCUT2D eigenvalue weighted by molar-refractivity contribution is 5.78. The monoisotopic (exact) mass is 396 g/mol. The maximum atomic E-state index is 12.9. The SMILES string of the molecule is CC(C)CC[C@H]1[C@H]2C[C@H](CN(c3ncc4c(ncn4C)n3)C2)[C@@H]2CCCC(=O)N21. The van der Waals surface area contributed by atoms with Crippen molar-refractivity contribution in [3.05, 3.63) is 12.5 Å². The molecule has 0 N–H and O–H groups in total. The molecular weight excluding hydrogens is 364 g/mol. The second-order valence-electron chi connectivity index (χ2n) is 9.69. The minimum absolute atomic E-state index is 0.368. The van der Waals surface area contributed by atoms with Crippen molar-refractivity contribution in [2.24, 2.45) is 24.8 Å². The molecule has 3 aliphatic rings. The number of fused-ring (bicyclic) bond motifs is 5. The molecule has 0 unspecified atom stereocenters. The maximum absolute atomic E-state index is 12.9. The van der Waals surface area contributed by atoms with Crippen LogP contribution in [0.1, 0.15) is 52.4 Å². The summed E-state index contributed by atoms with van der Waals surface area (Å²) in [5, 5.41) is 0. The van der Waals surface area contributed by atoms with Gasteiger partial charge in [-0.1, -0.05) is 13.8 Å². The Morgan fingerprint density at radius 1 is 1.21 bits per heavy atom. The van der Waals surface area contributed by atoms with Crippen molar-refractivity contribution < 1.29 is 4.79 Å². The summed E-state index contributed by atoms with van der Waals surface area (Å²) in [5.74, 6) is 2.89. The quantitative estimate of drug-likeness (QED) is 0.795. The fourth-order valence-corrected chi connectivity index (χ4v) is 5.87. The normalized spacial score (nSPS) is 29.6. The zero-order chi connectivity index (χ0) is 20.1. The number of aromatic nitrogens is 4. The predicted molar refractivity (Wildman–Crippen MR) is 112 cm³/mol. The van der Waals surface area contributed by atoms with Crippen molar-refractivity contribution in [3.8, 4) is 0 Å². The van der Waals surface area contributed by atoms with Gasteiger partial charge in [-0.15, -0.1) is 0 Å². The Morgan fingerprint density at radius 2 is 2.03 bits per heavy atom. The maximum Gasteiger partial charge on any atom is 0.227 e. The van der Waals surface area contributed by atoms with Crippen LogP contribution in [-0.4, -0.2) is 55.5 Å². The van der Waals surface area contributed by atoms with E-state index in [-0.39, 0.29) is 0 Å². The first kappa shape index (κ1) is 18.8. The van der Waals surface area contributed by atoms with E-state index in [1.54, 1.807) is 6.33 Å². The molecule has 0 aliphatic carbocycles. The number of carbonyl (C=O) groups excluding carboxylic acids is 1. The lowest BCUT2D eigenvalue weighted by molar-refractivity contribution is -0.149. The van der Waals surface area contributed by atoms with E-state index in [2.05, 4.69) is 33.6 Å². The molecule has 3 aliphatic heterocycles. The Labute approximate surface area is 172 Å². The van der Waals surface area contributed by atoms with Gasteiger partial charge in [-0.2, -0.15) is 4.98 Å². The van der Waals surface area contributed by atoms with E-state index in [0.717, 1.165) is 55.9 Å². The molecule has 7 heteroatoms. The van der Waals surface area contributed by atoms with Gasteiger partial charge in [0.05, 0.1) is 12.5 Å². The number of nitrogens with zero attached hydrogens (tertiary/aromatic N) is 6. The van der Waals surface area contributed by atoms with Crippen LogP contribution in [0.5, 0.6) is 0 Å². The molecule has 2 bridgehead atoms. The molecule has 156 valence electrons. The molecule has 0 spiro atoms. The number of carbonyl (C=O) groups is 1. The summed E-state index contributed by atoms with van der Waals surface area (Å²) in [6.45, 7) is 6.45. The van der Waals surface area contributed by atoms with Gasteiger partial charge in [-0.3, -0.25) is 4.79 Å². The van der Waals surface area contributed by atoms with Crippen molar-refractivity contribution in [1.82, 2.24) is 24.4 Å². The largest absolute Gasteiger partial charge is 0.340 e. The summed E-state index contributed by atoms with van der Waals surface area (Å²) in [4.78, 5) is 31.5. The van der Waals surface area contributed by atoms with Crippen LogP contribution in [0, 0.1) is 17.8 Å². The second-order valence-corrected chi connectivity index (χ2v) is 9.69. The van der Waals surface area contributed by atoms with Gasteiger partial charge in [-0.25, -0.2) is 9.97 Å². The van der Waals surface area contributed by atoms with Gasteiger partial charge in [0.15, 0.2) is 5.65 Å². The van der Waals surface area contributed by atoms with Gasteiger partial charge < -0.3 is 14.4 Å². The summed E-state index contributed by atoms with van der Waals surface area (Å²) in [6, 6.07) is 0.763. The van der Waals surface area contributed by atoms with Crippen molar-refractivity contribution in [2.75, 3.05) is 18.0 Å². The molecule has 1 amide bonds. The van der Waals surface area contributed by atoms with Crippen LogP contribution in [0.4, 0.5) is 5.95 Å². The van der Waals surface area contributed by atoms with Crippen molar-refractivity contribution >= 4 is 23.0 Å². The van der Waals surface area contributed by atoms with Crippen LogP contribution in [0.3, 0.4) is 0 Å². The standard InChI is InChI=1S/C22H32N6O/c1-14(2)7-8-18-16-9-15(17-5-4-6-20(29)28(17)18)11-27(12-16)22-23-10-19-21(25-22)24-13-26(19)3/h10,13-18H,4-9,11-12H2,1-3H3/t15-,16+,17+,18+/m1/s1.